The van der Waals surface area contributed by atoms with Gasteiger partial charge in [-0.25, -0.2) is 4.98 Å². The zero-order chi connectivity index (χ0) is 14.2. The van der Waals surface area contributed by atoms with Gasteiger partial charge in [-0.15, -0.1) is 0 Å². The van der Waals surface area contributed by atoms with Gasteiger partial charge in [-0.1, -0.05) is 12.1 Å². The van der Waals surface area contributed by atoms with E-state index in [4.69, 9.17) is 0 Å². The molecule has 6 heteroatoms. The van der Waals surface area contributed by atoms with Gasteiger partial charge in [0.15, 0.2) is 0 Å². The summed E-state index contributed by atoms with van der Waals surface area (Å²) in [5.74, 6) is -0.961. The van der Waals surface area contributed by atoms with Gasteiger partial charge < -0.3 is 9.88 Å². The van der Waals surface area contributed by atoms with Gasteiger partial charge in [0, 0.05) is 31.0 Å². The fourth-order valence-corrected chi connectivity index (χ4v) is 1.79. The quantitative estimate of drug-likeness (QED) is 0.905. The minimum absolute atomic E-state index is 0.331. The van der Waals surface area contributed by atoms with Crippen molar-refractivity contribution < 1.29 is 13.2 Å². The Morgan fingerprint density at radius 2 is 1.68 bits per heavy atom. The molecule has 1 N–H and O–H groups in total. The highest BCUT2D eigenvalue weighted by Crippen LogP contribution is 2.31. The van der Waals surface area contributed by atoms with Crippen LogP contribution in [0.1, 0.15) is 11.5 Å². The van der Waals surface area contributed by atoms with Gasteiger partial charge in [0.05, 0.1) is 5.69 Å². The second kappa shape index (κ2) is 4.60. The maximum absolute atomic E-state index is 12.6. The lowest BCUT2D eigenvalue weighted by Crippen LogP contribution is -2.08. The molecule has 0 spiro atoms. The lowest BCUT2D eigenvalue weighted by Gasteiger charge is -2.12. The number of alkyl halides is 3. The molecule has 0 saturated heterocycles. The summed E-state index contributed by atoms with van der Waals surface area (Å²) >= 11 is 0. The standard InChI is InChI=1S/C13H14F3N3/c1-8-11(18-12(17-8)13(14,15)16)9-4-6-10(7-5-9)19(2)3/h4-7H,1-3H3,(H,17,18). The average molecular weight is 269 g/mol. The highest BCUT2D eigenvalue weighted by molar-refractivity contribution is 5.65. The number of H-pyrrole nitrogens is 1. The van der Waals surface area contributed by atoms with Crippen LogP contribution in [-0.4, -0.2) is 24.1 Å². The van der Waals surface area contributed by atoms with Crippen molar-refractivity contribution in [2.75, 3.05) is 19.0 Å². The first kappa shape index (κ1) is 13.5. The minimum Gasteiger partial charge on any atom is -0.378 e. The first-order chi connectivity index (χ1) is 8.79. The molecule has 0 bridgehead atoms. The summed E-state index contributed by atoms with van der Waals surface area (Å²) in [4.78, 5) is 7.82. The number of aryl methyl sites for hydroxylation is 1. The number of hydrogen-bond acceptors (Lipinski definition) is 2. The van der Waals surface area contributed by atoms with Gasteiger partial charge in [-0.2, -0.15) is 13.2 Å². The number of nitrogens with zero attached hydrogens (tertiary/aromatic N) is 2. The Labute approximate surface area is 109 Å². The zero-order valence-corrected chi connectivity index (χ0v) is 10.8. The number of hydrogen-bond donors (Lipinski definition) is 1. The second-order valence-corrected chi connectivity index (χ2v) is 4.50. The molecule has 0 atom stereocenters. The fraction of sp³-hybridized carbons (Fsp3) is 0.308. The third kappa shape index (κ3) is 2.72. The predicted octanol–water partition coefficient (Wildman–Crippen LogP) is 3.47. The minimum atomic E-state index is -4.45. The Balaban J connectivity index is 2.39. The van der Waals surface area contributed by atoms with Crippen molar-refractivity contribution in [2.45, 2.75) is 13.1 Å². The molecule has 0 aliphatic rings. The van der Waals surface area contributed by atoms with E-state index in [1.54, 1.807) is 19.1 Å². The Hall–Kier alpha value is -1.98. The van der Waals surface area contributed by atoms with Gasteiger partial charge in [-0.05, 0) is 19.1 Å². The van der Waals surface area contributed by atoms with E-state index in [9.17, 15) is 13.2 Å². The van der Waals surface area contributed by atoms with Crippen molar-refractivity contribution in [1.82, 2.24) is 9.97 Å². The van der Waals surface area contributed by atoms with Crippen LogP contribution in [0.3, 0.4) is 0 Å². The van der Waals surface area contributed by atoms with E-state index in [0.717, 1.165) is 5.69 Å². The van der Waals surface area contributed by atoms with E-state index in [1.807, 2.05) is 31.1 Å². The van der Waals surface area contributed by atoms with Crippen molar-refractivity contribution in [3.8, 4) is 11.3 Å². The first-order valence-electron chi connectivity index (χ1n) is 5.70. The second-order valence-electron chi connectivity index (χ2n) is 4.50. The molecule has 0 unspecified atom stereocenters. The summed E-state index contributed by atoms with van der Waals surface area (Å²) in [6.45, 7) is 1.58. The maximum atomic E-state index is 12.6. The van der Waals surface area contributed by atoms with Crippen LogP contribution < -0.4 is 4.90 Å². The van der Waals surface area contributed by atoms with Crippen molar-refractivity contribution in [2.24, 2.45) is 0 Å². The van der Waals surface area contributed by atoms with Crippen LogP contribution in [-0.2, 0) is 6.18 Å². The first-order valence-corrected chi connectivity index (χ1v) is 5.70. The number of benzene rings is 1. The molecule has 0 amide bonds. The van der Waals surface area contributed by atoms with Crippen molar-refractivity contribution >= 4 is 5.69 Å². The van der Waals surface area contributed by atoms with E-state index in [0.29, 0.717) is 17.0 Å². The van der Waals surface area contributed by atoms with Crippen LogP contribution in [0.2, 0.25) is 0 Å². The molecule has 3 nitrogen and oxygen atoms in total. The Bertz CT molecular complexity index is 568. The number of anilines is 1. The van der Waals surface area contributed by atoms with Gasteiger partial charge in [0.2, 0.25) is 5.82 Å². The summed E-state index contributed by atoms with van der Waals surface area (Å²) in [5.41, 5.74) is 2.38. The van der Waals surface area contributed by atoms with Gasteiger partial charge in [-0.3, -0.25) is 0 Å². The van der Waals surface area contributed by atoms with Crippen LogP contribution in [0.15, 0.2) is 24.3 Å². The third-order valence-corrected chi connectivity index (χ3v) is 2.81. The maximum Gasteiger partial charge on any atom is 0.449 e. The van der Waals surface area contributed by atoms with Crippen molar-refractivity contribution in [3.63, 3.8) is 0 Å². The Morgan fingerprint density at radius 3 is 2.11 bits per heavy atom. The highest BCUT2D eigenvalue weighted by atomic mass is 19.4. The molecule has 0 radical (unpaired) electrons. The predicted molar refractivity (Wildman–Crippen MR) is 68.1 cm³/mol. The van der Waals surface area contributed by atoms with E-state index in [2.05, 4.69) is 9.97 Å². The number of nitrogens with one attached hydrogen (secondary N) is 1. The van der Waals surface area contributed by atoms with Crippen molar-refractivity contribution in [1.29, 1.82) is 0 Å². The van der Waals surface area contributed by atoms with Crippen molar-refractivity contribution in [3.05, 3.63) is 35.8 Å². The summed E-state index contributed by atoms with van der Waals surface area (Å²) in [7, 11) is 3.80. The monoisotopic (exact) mass is 269 g/mol. The largest absolute Gasteiger partial charge is 0.449 e. The average Bonchev–Trinajstić information content (AvgIpc) is 2.71. The molecule has 1 heterocycles. The number of imidazole rings is 1. The number of aromatic amines is 1. The van der Waals surface area contributed by atoms with Crippen LogP contribution >= 0.6 is 0 Å². The topological polar surface area (TPSA) is 31.9 Å². The summed E-state index contributed by atoms with van der Waals surface area (Å²) in [6.07, 6.45) is -4.45. The zero-order valence-electron chi connectivity index (χ0n) is 10.8. The SMILES string of the molecule is Cc1[nH]c(C(F)(F)F)nc1-c1ccc(N(C)C)cc1. The third-order valence-electron chi connectivity index (χ3n) is 2.81. The van der Waals surface area contributed by atoms with E-state index < -0.39 is 12.0 Å². The van der Waals surface area contributed by atoms with Crippen LogP contribution in [0.4, 0.5) is 18.9 Å². The number of halogens is 3. The molecule has 102 valence electrons. The molecule has 19 heavy (non-hydrogen) atoms. The fourth-order valence-electron chi connectivity index (χ4n) is 1.79. The molecule has 1 aromatic carbocycles. The van der Waals surface area contributed by atoms with E-state index in [1.165, 1.54) is 0 Å². The van der Waals surface area contributed by atoms with Gasteiger partial charge in [0.1, 0.15) is 0 Å². The molecule has 2 aromatic rings. The summed E-state index contributed by atoms with van der Waals surface area (Å²) in [5, 5.41) is 0. The molecular weight excluding hydrogens is 255 g/mol. The molecule has 2 rings (SSSR count). The van der Waals surface area contributed by atoms with E-state index >= 15 is 0 Å². The molecule has 1 aromatic heterocycles. The van der Waals surface area contributed by atoms with Crippen LogP contribution in [0, 0.1) is 6.92 Å². The number of rotatable bonds is 2. The van der Waals surface area contributed by atoms with Gasteiger partial charge >= 0.3 is 6.18 Å². The van der Waals surface area contributed by atoms with E-state index in [-0.39, 0.29) is 0 Å². The molecule has 0 saturated carbocycles. The van der Waals surface area contributed by atoms with Crippen LogP contribution in [0.5, 0.6) is 0 Å². The molecule has 0 aliphatic carbocycles. The molecular formula is C13H14F3N3. The summed E-state index contributed by atoms with van der Waals surface area (Å²) < 4.78 is 37.7. The molecule has 0 fully saturated rings. The Kier molecular flexibility index (Phi) is 3.26. The van der Waals surface area contributed by atoms with Crippen LogP contribution in [0.25, 0.3) is 11.3 Å². The highest BCUT2D eigenvalue weighted by Gasteiger charge is 2.35. The van der Waals surface area contributed by atoms with Gasteiger partial charge in [0.25, 0.3) is 0 Å². The smallest absolute Gasteiger partial charge is 0.378 e. The molecule has 0 aliphatic heterocycles. The Morgan fingerprint density at radius 1 is 1.11 bits per heavy atom. The lowest BCUT2D eigenvalue weighted by molar-refractivity contribution is -0.144. The lowest BCUT2D eigenvalue weighted by atomic mass is 10.1. The number of aromatic nitrogens is 2. The normalized spacial score (nSPS) is 11.7. The summed E-state index contributed by atoms with van der Waals surface area (Å²) in [6, 6.07) is 7.21.